The number of ether oxygens (including phenoxy) is 1. The third-order valence-corrected chi connectivity index (χ3v) is 3.91. The highest BCUT2D eigenvalue weighted by Gasteiger charge is 2.46. The molecule has 4 heteroatoms. The molecule has 4 unspecified atom stereocenters. The number of fused-ring (bicyclic) bond motifs is 4. The highest BCUT2D eigenvalue weighted by atomic mass is 16.5. The van der Waals surface area contributed by atoms with E-state index in [4.69, 9.17) is 4.74 Å². The Morgan fingerprint density at radius 3 is 2.94 bits per heavy atom. The molecular weight excluding hydrogens is 206 g/mol. The van der Waals surface area contributed by atoms with Crippen molar-refractivity contribution < 1.29 is 14.9 Å². The van der Waals surface area contributed by atoms with Crippen molar-refractivity contribution in [3.63, 3.8) is 0 Å². The van der Waals surface area contributed by atoms with Gasteiger partial charge >= 0.3 is 0 Å². The van der Waals surface area contributed by atoms with E-state index in [0.29, 0.717) is 5.88 Å². The largest absolute Gasteiger partial charge is 0.481 e. The number of hydrogen-bond acceptors (Lipinski definition) is 4. The van der Waals surface area contributed by atoms with E-state index < -0.39 is 12.2 Å². The summed E-state index contributed by atoms with van der Waals surface area (Å²) in [5.41, 5.74) is 2.15. The van der Waals surface area contributed by atoms with Crippen LogP contribution in [-0.2, 0) is 6.42 Å². The number of hydrogen-bond donors (Lipinski definition) is 2. The van der Waals surface area contributed by atoms with Gasteiger partial charge in [-0.05, 0) is 30.4 Å². The Morgan fingerprint density at radius 1 is 1.38 bits per heavy atom. The van der Waals surface area contributed by atoms with Gasteiger partial charge in [-0.3, -0.25) is 0 Å². The predicted molar refractivity (Wildman–Crippen MR) is 57.4 cm³/mol. The van der Waals surface area contributed by atoms with E-state index >= 15 is 0 Å². The maximum Gasteiger partial charge on any atom is 0.216 e. The summed E-state index contributed by atoms with van der Waals surface area (Å²) in [5, 5.41) is 19.9. The Bertz CT molecular complexity index is 421. The zero-order chi connectivity index (χ0) is 11.3. The maximum absolute atomic E-state index is 9.97. The van der Waals surface area contributed by atoms with Crippen molar-refractivity contribution in [3.05, 3.63) is 23.4 Å². The van der Waals surface area contributed by atoms with Crippen molar-refractivity contribution in [3.8, 4) is 5.88 Å². The number of aromatic nitrogens is 1. The molecule has 1 fully saturated rings. The first-order valence-corrected chi connectivity index (χ1v) is 5.60. The van der Waals surface area contributed by atoms with Gasteiger partial charge in [0.25, 0.3) is 0 Å². The van der Waals surface area contributed by atoms with Crippen LogP contribution in [0.1, 0.15) is 23.5 Å². The molecule has 0 aromatic carbocycles. The van der Waals surface area contributed by atoms with E-state index in [-0.39, 0.29) is 11.8 Å². The summed E-state index contributed by atoms with van der Waals surface area (Å²) in [4.78, 5) is 4.17. The molecular formula is C12H15NO3. The zero-order valence-electron chi connectivity index (χ0n) is 9.13. The molecule has 3 rings (SSSR count). The summed E-state index contributed by atoms with van der Waals surface area (Å²) in [6, 6.07) is 1.93. The van der Waals surface area contributed by atoms with Gasteiger partial charge in [-0.25, -0.2) is 4.98 Å². The fraction of sp³-hybridized carbons (Fsp3) is 0.583. The number of nitrogens with zero attached hydrogens (tertiary/aromatic N) is 1. The second kappa shape index (κ2) is 3.43. The van der Waals surface area contributed by atoms with Crippen LogP contribution in [0, 0.1) is 5.92 Å². The molecule has 2 bridgehead atoms. The number of pyridine rings is 1. The summed E-state index contributed by atoms with van der Waals surface area (Å²) in [6.45, 7) is 0. The Morgan fingerprint density at radius 2 is 2.19 bits per heavy atom. The van der Waals surface area contributed by atoms with Gasteiger partial charge in [0, 0.05) is 17.7 Å². The minimum absolute atomic E-state index is 0.0423. The van der Waals surface area contributed by atoms with Crippen molar-refractivity contribution in [1.29, 1.82) is 0 Å². The summed E-state index contributed by atoms with van der Waals surface area (Å²) >= 11 is 0. The van der Waals surface area contributed by atoms with E-state index in [9.17, 15) is 10.2 Å². The molecule has 86 valence electrons. The monoisotopic (exact) mass is 221 g/mol. The van der Waals surface area contributed by atoms with Crippen LogP contribution in [0.5, 0.6) is 5.88 Å². The van der Waals surface area contributed by atoms with Gasteiger partial charge in [-0.1, -0.05) is 0 Å². The average molecular weight is 221 g/mol. The Balaban J connectivity index is 2.11. The first-order valence-electron chi connectivity index (χ1n) is 5.60. The minimum atomic E-state index is -0.640. The molecule has 0 aliphatic heterocycles. The number of aliphatic hydroxyl groups is 2. The Labute approximate surface area is 93.9 Å². The highest BCUT2D eigenvalue weighted by Crippen LogP contribution is 2.47. The molecule has 16 heavy (non-hydrogen) atoms. The predicted octanol–water partition coefficient (Wildman–Crippen LogP) is 0.472. The first-order chi connectivity index (χ1) is 7.72. The fourth-order valence-corrected chi connectivity index (χ4v) is 3.11. The molecule has 0 amide bonds. The highest BCUT2D eigenvalue weighted by molar-refractivity contribution is 5.42. The molecule has 4 atom stereocenters. The van der Waals surface area contributed by atoms with Crippen LogP contribution in [0.3, 0.4) is 0 Å². The molecule has 1 saturated carbocycles. The van der Waals surface area contributed by atoms with Gasteiger partial charge in [0.05, 0.1) is 19.3 Å². The summed E-state index contributed by atoms with van der Waals surface area (Å²) in [5.74, 6) is 0.819. The molecule has 4 nitrogen and oxygen atoms in total. The molecule has 0 saturated heterocycles. The van der Waals surface area contributed by atoms with Gasteiger partial charge in [-0.15, -0.1) is 0 Å². The number of rotatable bonds is 1. The Kier molecular flexibility index (Phi) is 2.16. The van der Waals surface area contributed by atoms with Crippen molar-refractivity contribution in [1.82, 2.24) is 4.98 Å². The maximum atomic E-state index is 9.97. The molecule has 2 aliphatic rings. The van der Waals surface area contributed by atoms with E-state index in [0.717, 1.165) is 24.0 Å². The molecule has 1 aromatic heterocycles. The van der Waals surface area contributed by atoms with Crippen LogP contribution < -0.4 is 4.74 Å². The lowest BCUT2D eigenvalue weighted by atomic mass is 9.83. The third-order valence-electron chi connectivity index (χ3n) is 3.91. The van der Waals surface area contributed by atoms with Gasteiger partial charge in [-0.2, -0.15) is 0 Å². The molecule has 1 heterocycles. The van der Waals surface area contributed by atoms with Crippen LogP contribution in [0.4, 0.5) is 0 Å². The number of aliphatic hydroxyl groups excluding tert-OH is 2. The topological polar surface area (TPSA) is 62.6 Å². The number of methoxy groups -OCH3 is 1. The van der Waals surface area contributed by atoms with Crippen molar-refractivity contribution in [2.24, 2.45) is 5.92 Å². The second-order valence-electron chi connectivity index (χ2n) is 4.68. The molecule has 0 radical (unpaired) electrons. The Hall–Kier alpha value is -1.13. The third kappa shape index (κ3) is 1.20. The summed E-state index contributed by atoms with van der Waals surface area (Å²) < 4.78 is 5.23. The van der Waals surface area contributed by atoms with Crippen LogP contribution in [-0.4, -0.2) is 34.5 Å². The van der Waals surface area contributed by atoms with E-state index in [1.54, 1.807) is 13.3 Å². The zero-order valence-corrected chi connectivity index (χ0v) is 9.13. The van der Waals surface area contributed by atoms with E-state index in [2.05, 4.69) is 4.98 Å². The van der Waals surface area contributed by atoms with Crippen LogP contribution in [0.25, 0.3) is 0 Å². The molecule has 1 aromatic rings. The van der Waals surface area contributed by atoms with Crippen molar-refractivity contribution in [2.45, 2.75) is 31.0 Å². The smallest absolute Gasteiger partial charge is 0.216 e. The van der Waals surface area contributed by atoms with E-state index in [1.807, 2.05) is 6.07 Å². The molecule has 2 N–H and O–H groups in total. The van der Waals surface area contributed by atoms with Crippen LogP contribution in [0.2, 0.25) is 0 Å². The van der Waals surface area contributed by atoms with Crippen LogP contribution >= 0.6 is 0 Å². The minimum Gasteiger partial charge on any atom is -0.481 e. The van der Waals surface area contributed by atoms with Gasteiger partial charge in [0.1, 0.15) is 0 Å². The molecule has 2 aliphatic carbocycles. The van der Waals surface area contributed by atoms with Crippen molar-refractivity contribution in [2.75, 3.05) is 7.11 Å². The lowest BCUT2D eigenvalue weighted by Gasteiger charge is -2.23. The lowest BCUT2D eigenvalue weighted by Crippen LogP contribution is -2.26. The van der Waals surface area contributed by atoms with E-state index in [1.165, 1.54) is 0 Å². The van der Waals surface area contributed by atoms with Gasteiger partial charge < -0.3 is 14.9 Å². The normalized spacial score (nSPS) is 35.9. The van der Waals surface area contributed by atoms with Crippen LogP contribution in [0.15, 0.2) is 12.3 Å². The summed E-state index contributed by atoms with van der Waals surface area (Å²) in [7, 11) is 1.60. The lowest BCUT2D eigenvalue weighted by molar-refractivity contribution is 0.0176. The fourth-order valence-electron chi connectivity index (χ4n) is 3.11. The standard InChI is InChI=1S/C12H15NO3/c1-16-12-9-5-6-4-8(11(15)10(6)14)7(9)2-3-13-12/h2-3,6,8,10-11,14-15H,4-5H2,1H3. The van der Waals surface area contributed by atoms with Crippen molar-refractivity contribution >= 4 is 0 Å². The summed E-state index contributed by atoms with van der Waals surface area (Å²) in [6.07, 6.45) is 2.07. The quantitative estimate of drug-likeness (QED) is 0.723. The average Bonchev–Trinajstić information content (AvgIpc) is 2.55. The first kappa shape index (κ1) is 10.1. The second-order valence-corrected chi connectivity index (χ2v) is 4.68. The molecule has 0 spiro atoms. The SMILES string of the molecule is COc1nccc2c1CC1CC2C(O)C1O. The van der Waals surface area contributed by atoms with Gasteiger partial charge in [0.15, 0.2) is 0 Å². The van der Waals surface area contributed by atoms with Gasteiger partial charge in [0.2, 0.25) is 5.88 Å².